The number of hydrogen-bond donors (Lipinski definition) is 2. The predicted octanol–water partition coefficient (Wildman–Crippen LogP) is 2.25. The highest BCUT2D eigenvalue weighted by molar-refractivity contribution is 7.89. The highest BCUT2D eigenvalue weighted by atomic mass is 32.2. The van der Waals surface area contributed by atoms with Crippen molar-refractivity contribution in [2.75, 3.05) is 11.1 Å². The Morgan fingerprint density at radius 2 is 2.10 bits per heavy atom. The van der Waals surface area contributed by atoms with Gasteiger partial charge in [-0.2, -0.15) is 0 Å². The summed E-state index contributed by atoms with van der Waals surface area (Å²) in [6, 6.07) is 7.28. The van der Waals surface area contributed by atoms with E-state index < -0.39 is 10.0 Å². The van der Waals surface area contributed by atoms with Crippen LogP contribution in [0.3, 0.4) is 0 Å². The maximum Gasteiger partial charge on any atom is 0.227 e. The van der Waals surface area contributed by atoms with Crippen LogP contribution in [0.25, 0.3) is 0 Å². The van der Waals surface area contributed by atoms with Crippen molar-refractivity contribution >= 4 is 21.6 Å². The van der Waals surface area contributed by atoms with Gasteiger partial charge < -0.3 is 5.32 Å². The van der Waals surface area contributed by atoms with Crippen LogP contribution in [0.15, 0.2) is 24.3 Å². The van der Waals surface area contributed by atoms with Gasteiger partial charge in [0.1, 0.15) is 0 Å². The molecule has 0 unspecified atom stereocenters. The van der Waals surface area contributed by atoms with Crippen molar-refractivity contribution in [2.24, 2.45) is 5.92 Å². The van der Waals surface area contributed by atoms with Gasteiger partial charge in [-0.15, -0.1) is 0 Å². The molecule has 1 aromatic carbocycles. The van der Waals surface area contributed by atoms with Crippen LogP contribution < -0.4 is 10.0 Å². The molecule has 1 aliphatic rings. The summed E-state index contributed by atoms with van der Waals surface area (Å²) in [7, 11) is -3.22. The van der Waals surface area contributed by atoms with E-state index in [1.807, 2.05) is 31.2 Å². The number of sulfonamides is 1. The Labute approximate surface area is 126 Å². The number of benzene rings is 1. The van der Waals surface area contributed by atoms with Gasteiger partial charge in [-0.25, -0.2) is 13.1 Å². The van der Waals surface area contributed by atoms with Gasteiger partial charge in [0, 0.05) is 18.2 Å². The Hall–Kier alpha value is -1.40. The molecular weight excluding hydrogens is 288 g/mol. The fourth-order valence-electron chi connectivity index (χ4n) is 1.95. The first-order valence-corrected chi connectivity index (χ1v) is 9.02. The van der Waals surface area contributed by atoms with E-state index in [0.29, 0.717) is 6.42 Å². The van der Waals surface area contributed by atoms with Crippen LogP contribution in [0.5, 0.6) is 0 Å². The molecule has 116 valence electrons. The average molecular weight is 310 g/mol. The zero-order valence-electron chi connectivity index (χ0n) is 12.3. The lowest BCUT2D eigenvalue weighted by molar-refractivity contribution is -0.117. The van der Waals surface area contributed by atoms with Crippen molar-refractivity contribution in [2.45, 2.75) is 39.2 Å². The fraction of sp³-hybridized carbons (Fsp3) is 0.533. The molecule has 0 radical (unpaired) electrons. The van der Waals surface area contributed by atoms with Crippen LogP contribution in [0.2, 0.25) is 0 Å². The number of unbranched alkanes of at least 4 members (excludes halogenated alkanes) is 1. The molecule has 1 fully saturated rings. The smallest absolute Gasteiger partial charge is 0.227 e. The molecule has 1 amide bonds. The first kappa shape index (κ1) is 16.0. The van der Waals surface area contributed by atoms with E-state index in [-0.39, 0.29) is 24.1 Å². The molecule has 0 atom stereocenters. The van der Waals surface area contributed by atoms with Crippen molar-refractivity contribution in [3.05, 3.63) is 29.8 Å². The fourth-order valence-corrected chi connectivity index (χ4v) is 3.15. The number of anilines is 1. The molecule has 6 heteroatoms. The number of rotatable bonds is 8. The van der Waals surface area contributed by atoms with Gasteiger partial charge in [0.25, 0.3) is 0 Å². The molecule has 0 aromatic heterocycles. The van der Waals surface area contributed by atoms with E-state index in [1.165, 1.54) is 0 Å². The summed E-state index contributed by atoms with van der Waals surface area (Å²) in [5, 5.41) is 2.86. The maximum atomic E-state index is 11.7. The van der Waals surface area contributed by atoms with Gasteiger partial charge in [0.15, 0.2) is 0 Å². The molecule has 0 saturated heterocycles. The highest BCUT2D eigenvalue weighted by Gasteiger charge is 2.29. The topological polar surface area (TPSA) is 75.3 Å². The van der Waals surface area contributed by atoms with Gasteiger partial charge in [-0.1, -0.05) is 25.5 Å². The quantitative estimate of drug-likeness (QED) is 0.773. The molecule has 0 spiro atoms. The Morgan fingerprint density at radius 3 is 2.76 bits per heavy atom. The van der Waals surface area contributed by atoms with E-state index in [0.717, 1.165) is 30.5 Å². The van der Waals surface area contributed by atoms with Crippen molar-refractivity contribution in [1.29, 1.82) is 0 Å². The monoisotopic (exact) mass is 310 g/mol. The van der Waals surface area contributed by atoms with Crippen LogP contribution in [-0.4, -0.2) is 20.1 Å². The summed E-state index contributed by atoms with van der Waals surface area (Å²) in [6.45, 7) is 2.21. The lowest BCUT2D eigenvalue weighted by Crippen LogP contribution is -2.26. The van der Waals surface area contributed by atoms with Gasteiger partial charge in [0.2, 0.25) is 15.9 Å². The molecule has 21 heavy (non-hydrogen) atoms. The Morgan fingerprint density at radius 1 is 1.33 bits per heavy atom. The highest BCUT2D eigenvalue weighted by Crippen LogP contribution is 2.30. The average Bonchev–Trinajstić information content (AvgIpc) is 3.28. The molecule has 1 aromatic rings. The van der Waals surface area contributed by atoms with E-state index in [9.17, 15) is 13.2 Å². The van der Waals surface area contributed by atoms with Crippen LogP contribution in [0, 0.1) is 5.92 Å². The Balaban J connectivity index is 1.89. The Bertz CT molecular complexity index is 595. The summed E-state index contributed by atoms with van der Waals surface area (Å²) >= 11 is 0. The van der Waals surface area contributed by atoms with Gasteiger partial charge in [-0.05, 0) is 37.0 Å². The molecular formula is C15H22N2O3S. The summed E-state index contributed by atoms with van der Waals surface area (Å²) < 4.78 is 26.1. The van der Waals surface area contributed by atoms with Crippen LogP contribution in [-0.2, 0) is 21.4 Å². The van der Waals surface area contributed by atoms with Crippen LogP contribution in [0.4, 0.5) is 5.69 Å². The zero-order chi connectivity index (χ0) is 15.3. The molecule has 0 heterocycles. The minimum atomic E-state index is -3.22. The molecule has 2 N–H and O–H groups in total. The summed E-state index contributed by atoms with van der Waals surface area (Å²) in [6.07, 6.45) is 3.43. The lowest BCUT2D eigenvalue weighted by Gasteiger charge is -2.09. The molecule has 1 saturated carbocycles. The lowest BCUT2D eigenvalue weighted by atomic mass is 10.2. The summed E-state index contributed by atoms with van der Waals surface area (Å²) in [5.41, 5.74) is 1.56. The second kappa shape index (κ2) is 7.04. The number of amides is 1. The first-order chi connectivity index (χ1) is 10.00. The molecule has 2 rings (SSSR count). The SMILES string of the molecule is CCCCS(=O)(=O)NCc1cccc(NC(=O)C2CC2)c1. The third kappa shape index (κ3) is 5.47. The number of carbonyl (C=O) groups excluding carboxylic acids is 1. The molecule has 0 aliphatic heterocycles. The first-order valence-electron chi connectivity index (χ1n) is 7.37. The molecule has 1 aliphatic carbocycles. The number of hydrogen-bond acceptors (Lipinski definition) is 3. The molecule has 5 nitrogen and oxygen atoms in total. The summed E-state index contributed by atoms with van der Waals surface area (Å²) in [4.78, 5) is 11.7. The van der Waals surface area contributed by atoms with Crippen LogP contribution >= 0.6 is 0 Å². The number of carbonyl (C=O) groups is 1. The molecule has 0 bridgehead atoms. The van der Waals surface area contributed by atoms with E-state index in [1.54, 1.807) is 0 Å². The minimum absolute atomic E-state index is 0.0516. The van der Waals surface area contributed by atoms with Crippen molar-refractivity contribution in [3.8, 4) is 0 Å². The van der Waals surface area contributed by atoms with E-state index in [2.05, 4.69) is 10.0 Å². The number of nitrogens with one attached hydrogen (secondary N) is 2. The van der Waals surface area contributed by atoms with Gasteiger partial charge >= 0.3 is 0 Å². The third-order valence-electron chi connectivity index (χ3n) is 3.41. The Kier molecular flexibility index (Phi) is 5.36. The minimum Gasteiger partial charge on any atom is -0.326 e. The van der Waals surface area contributed by atoms with Gasteiger partial charge in [0.05, 0.1) is 5.75 Å². The normalized spacial score (nSPS) is 14.9. The zero-order valence-corrected chi connectivity index (χ0v) is 13.1. The van der Waals surface area contributed by atoms with Crippen molar-refractivity contribution in [1.82, 2.24) is 4.72 Å². The third-order valence-corrected chi connectivity index (χ3v) is 4.82. The standard InChI is InChI=1S/C15H22N2O3S/c1-2-3-9-21(19,20)16-11-12-5-4-6-14(10-12)17-15(18)13-7-8-13/h4-6,10,13,16H,2-3,7-9,11H2,1H3,(H,17,18). The van der Waals surface area contributed by atoms with E-state index in [4.69, 9.17) is 0 Å². The second-order valence-corrected chi connectivity index (χ2v) is 7.38. The predicted molar refractivity (Wildman–Crippen MR) is 83.3 cm³/mol. The van der Waals surface area contributed by atoms with Gasteiger partial charge in [-0.3, -0.25) is 4.79 Å². The second-order valence-electron chi connectivity index (χ2n) is 5.46. The van der Waals surface area contributed by atoms with Crippen molar-refractivity contribution in [3.63, 3.8) is 0 Å². The maximum absolute atomic E-state index is 11.7. The van der Waals surface area contributed by atoms with Crippen molar-refractivity contribution < 1.29 is 13.2 Å². The largest absolute Gasteiger partial charge is 0.326 e. The van der Waals surface area contributed by atoms with Crippen LogP contribution in [0.1, 0.15) is 38.2 Å². The summed E-state index contributed by atoms with van der Waals surface area (Å²) in [5.74, 6) is 0.360. The van der Waals surface area contributed by atoms with E-state index >= 15 is 0 Å².